The summed E-state index contributed by atoms with van der Waals surface area (Å²) in [5.74, 6) is 0.814. The molecular formula is C26H21N3O4. The lowest BCUT2D eigenvalue weighted by atomic mass is 10.2. The summed E-state index contributed by atoms with van der Waals surface area (Å²) in [5.41, 5.74) is 7.71. The van der Waals surface area contributed by atoms with E-state index in [0.29, 0.717) is 40.8 Å². The van der Waals surface area contributed by atoms with Crippen LogP contribution < -0.4 is 20.5 Å². The monoisotopic (exact) mass is 439 g/mol. The first kappa shape index (κ1) is 21.6. The van der Waals surface area contributed by atoms with Crippen molar-refractivity contribution in [3.63, 3.8) is 0 Å². The zero-order chi connectivity index (χ0) is 23.0. The van der Waals surface area contributed by atoms with Crippen molar-refractivity contribution >= 4 is 17.5 Å². The molecule has 0 atom stereocenters. The molecule has 0 saturated heterocycles. The van der Waals surface area contributed by atoms with Crippen molar-refractivity contribution in [1.29, 1.82) is 0 Å². The lowest BCUT2D eigenvalue weighted by molar-refractivity contribution is 0.0997. The molecule has 2 amide bonds. The van der Waals surface area contributed by atoms with Crippen molar-refractivity contribution in [2.24, 2.45) is 5.73 Å². The Morgan fingerprint density at radius 3 is 2.00 bits per heavy atom. The summed E-state index contributed by atoms with van der Waals surface area (Å²) in [7, 11) is 0. The van der Waals surface area contributed by atoms with Crippen LogP contribution in [0.5, 0.6) is 17.4 Å². The molecule has 7 heteroatoms. The average Bonchev–Trinajstić information content (AvgIpc) is 2.85. The smallest absolute Gasteiger partial charge is 0.255 e. The highest BCUT2D eigenvalue weighted by Gasteiger charge is 2.08. The predicted octanol–water partition coefficient (Wildman–Crippen LogP) is 4.80. The van der Waals surface area contributed by atoms with E-state index in [1.165, 1.54) is 0 Å². The number of anilines is 1. The second kappa shape index (κ2) is 10.1. The second-order valence-corrected chi connectivity index (χ2v) is 7.13. The molecule has 0 aliphatic rings. The van der Waals surface area contributed by atoms with Crippen molar-refractivity contribution in [2.75, 3.05) is 5.32 Å². The van der Waals surface area contributed by atoms with E-state index < -0.39 is 5.91 Å². The fourth-order valence-corrected chi connectivity index (χ4v) is 2.97. The van der Waals surface area contributed by atoms with Gasteiger partial charge in [0.1, 0.15) is 18.1 Å². The first-order chi connectivity index (χ1) is 16.1. The molecule has 0 unspecified atom stereocenters. The molecule has 0 aliphatic carbocycles. The maximum atomic E-state index is 12.5. The van der Waals surface area contributed by atoms with Crippen LogP contribution in [-0.2, 0) is 6.61 Å². The first-order valence-corrected chi connectivity index (χ1v) is 10.2. The topological polar surface area (TPSA) is 104 Å². The minimum absolute atomic E-state index is 0.271. The Labute approximate surface area is 190 Å². The van der Waals surface area contributed by atoms with Crippen LogP contribution in [0.2, 0.25) is 0 Å². The fourth-order valence-electron chi connectivity index (χ4n) is 2.97. The number of nitrogens with zero attached hydrogens (tertiary/aromatic N) is 1. The van der Waals surface area contributed by atoms with Crippen LogP contribution in [0, 0.1) is 0 Å². The van der Waals surface area contributed by atoms with Gasteiger partial charge in [0.15, 0.2) is 0 Å². The van der Waals surface area contributed by atoms with Crippen LogP contribution in [0.4, 0.5) is 5.69 Å². The molecule has 4 aromatic rings. The van der Waals surface area contributed by atoms with E-state index in [0.717, 1.165) is 5.56 Å². The highest BCUT2D eigenvalue weighted by Crippen LogP contribution is 2.22. The number of rotatable bonds is 8. The Morgan fingerprint density at radius 1 is 0.788 bits per heavy atom. The van der Waals surface area contributed by atoms with Crippen LogP contribution in [0.1, 0.15) is 26.3 Å². The molecule has 4 rings (SSSR count). The third-order valence-corrected chi connectivity index (χ3v) is 4.71. The molecule has 1 aromatic heterocycles. The number of carbonyl (C=O) groups excluding carboxylic acids is 2. The van der Waals surface area contributed by atoms with E-state index >= 15 is 0 Å². The minimum atomic E-state index is -0.499. The molecule has 0 saturated carbocycles. The van der Waals surface area contributed by atoms with E-state index in [1.807, 2.05) is 30.3 Å². The largest absolute Gasteiger partial charge is 0.473 e. The summed E-state index contributed by atoms with van der Waals surface area (Å²) in [6.45, 7) is 0.420. The summed E-state index contributed by atoms with van der Waals surface area (Å²) < 4.78 is 11.4. The predicted molar refractivity (Wildman–Crippen MR) is 124 cm³/mol. The molecule has 0 spiro atoms. The number of carbonyl (C=O) groups is 2. The van der Waals surface area contributed by atoms with Gasteiger partial charge >= 0.3 is 0 Å². The molecule has 7 nitrogen and oxygen atoms in total. The Balaban J connectivity index is 1.31. The van der Waals surface area contributed by atoms with Gasteiger partial charge in [-0.3, -0.25) is 9.59 Å². The van der Waals surface area contributed by atoms with Gasteiger partial charge in [0, 0.05) is 17.2 Å². The highest BCUT2D eigenvalue weighted by atomic mass is 16.5. The lowest BCUT2D eigenvalue weighted by Gasteiger charge is -2.09. The third kappa shape index (κ3) is 5.95. The Morgan fingerprint density at radius 2 is 1.42 bits per heavy atom. The summed E-state index contributed by atoms with van der Waals surface area (Å²) in [5, 5.41) is 2.80. The Bertz CT molecular complexity index is 1220. The molecular weight excluding hydrogens is 418 g/mol. The van der Waals surface area contributed by atoms with Gasteiger partial charge in [-0.05, 0) is 60.2 Å². The first-order valence-electron chi connectivity index (χ1n) is 10.2. The number of aromatic nitrogens is 1. The maximum Gasteiger partial charge on any atom is 0.255 e. The van der Waals surface area contributed by atoms with Crippen molar-refractivity contribution in [3.05, 3.63) is 114 Å². The van der Waals surface area contributed by atoms with Crippen molar-refractivity contribution < 1.29 is 19.1 Å². The molecule has 0 aliphatic heterocycles. The summed E-state index contributed by atoms with van der Waals surface area (Å²) >= 11 is 0. The molecule has 0 radical (unpaired) electrons. The van der Waals surface area contributed by atoms with E-state index in [-0.39, 0.29) is 5.91 Å². The Hall–Kier alpha value is -4.65. The fraction of sp³-hybridized carbons (Fsp3) is 0.0385. The third-order valence-electron chi connectivity index (χ3n) is 4.71. The second-order valence-electron chi connectivity index (χ2n) is 7.13. The van der Waals surface area contributed by atoms with Gasteiger partial charge in [0.2, 0.25) is 11.8 Å². The van der Waals surface area contributed by atoms with Crippen LogP contribution in [0.3, 0.4) is 0 Å². The van der Waals surface area contributed by atoms with E-state index in [4.69, 9.17) is 15.2 Å². The normalized spacial score (nSPS) is 10.3. The van der Waals surface area contributed by atoms with Gasteiger partial charge < -0.3 is 20.5 Å². The molecule has 0 bridgehead atoms. The van der Waals surface area contributed by atoms with Crippen molar-refractivity contribution in [1.82, 2.24) is 4.98 Å². The highest BCUT2D eigenvalue weighted by molar-refractivity contribution is 6.04. The van der Waals surface area contributed by atoms with Crippen molar-refractivity contribution in [3.8, 4) is 17.4 Å². The number of nitrogens with one attached hydrogen (secondary N) is 1. The van der Waals surface area contributed by atoms with Crippen LogP contribution in [-0.4, -0.2) is 16.8 Å². The molecule has 3 aromatic carbocycles. The number of benzene rings is 3. The zero-order valence-corrected chi connectivity index (χ0v) is 17.6. The quantitative estimate of drug-likeness (QED) is 0.410. The number of ether oxygens (including phenoxy) is 2. The number of primary amides is 1. The van der Waals surface area contributed by atoms with E-state index in [2.05, 4.69) is 10.3 Å². The number of amides is 2. The van der Waals surface area contributed by atoms with Gasteiger partial charge in [-0.25, -0.2) is 4.98 Å². The van der Waals surface area contributed by atoms with Crippen LogP contribution in [0.25, 0.3) is 0 Å². The SMILES string of the molecule is NC(=O)c1ccc(Oc2ccc(C(=O)Nc3ccc(OCc4ccccc4)nc3)cc2)cc1. The number of pyridine rings is 1. The summed E-state index contributed by atoms with van der Waals surface area (Å²) in [6, 6.07) is 26.4. The van der Waals surface area contributed by atoms with Gasteiger partial charge in [0.25, 0.3) is 5.91 Å². The molecule has 1 heterocycles. The number of nitrogens with two attached hydrogens (primary N) is 1. The lowest BCUT2D eigenvalue weighted by Crippen LogP contribution is -2.12. The van der Waals surface area contributed by atoms with Gasteiger partial charge in [-0.2, -0.15) is 0 Å². The van der Waals surface area contributed by atoms with Gasteiger partial charge in [-0.15, -0.1) is 0 Å². The van der Waals surface area contributed by atoms with Gasteiger partial charge in [-0.1, -0.05) is 30.3 Å². The molecule has 0 fully saturated rings. The van der Waals surface area contributed by atoms with Gasteiger partial charge in [0.05, 0.1) is 11.9 Å². The maximum absolute atomic E-state index is 12.5. The number of hydrogen-bond donors (Lipinski definition) is 2. The molecule has 33 heavy (non-hydrogen) atoms. The Kier molecular flexibility index (Phi) is 6.61. The molecule has 164 valence electrons. The van der Waals surface area contributed by atoms with E-state index in [9.17, 15) is 9.59 Å². The van der Waals surface area contributed by atoms with Crippen molar-refractivity contribution in [2.45, 2.75) is 6.61 Å². The average molecular weight is 439 g/mol. The summed E-state index contributed by atoms with van der Waals surface area (Å²) in [4.78, 5) is 27.9. The van der Waals surface area contributed by atoms with E-state index in [1.54, 1.807) is 66.9 Å². The van der Waals surface area contributed by atoms with Crippen LogP contribution >= 0.6 is 0 Å². The summed E-state index contributed by atoms with van der Waals surface area (Å²) in [6.07, 6.45) is 1.55. The van der Waals surface area contributed by atoms with Crippen LogP contribution in [0.15, 0.2) is 97.2 Å². The minimum Gasteiger partial charge on any atom is -0.473 e. The number of hydrogen-bond acceptors (Lipinski definition) is 5. The molecule has 3 N–H and O–H groups in total. The zero-order valence-electron chi connectivity index (χ0n) is 17.6. The standard InChI is InChI=1S/C26H21N3O4/c27-25(30)19-6-11-22(12-7-19)33-23-13-8-20(9-14-23)26(31)29-21-10-15-24(28-16-21)32-17-18-4-2-1-3-5-18/h1-16H,17H2,(H2,27,30)(H,29,31).